The van der Waals surface area contributed by atoms with Crippen LogP contribution < -0.4 is 5.32 Å². The first-order chi connectivity index (χ1) is 11.4. The first kappa shape index (κ1) is 18.4. The number of hydrogen-bond acceptors (Lipinski definition) is 4. The van der Waals surface area contributed by atoms with Gasteiger partial charge in [-0.05, 0) is 49.9 Å². The summed E-state index contributed by atoms with van der Waals surface area (Å²) in [4.78, 5) is 22.6. The van der Waals surface area contributed by atoms with E-state index in [2.05, 4.69) is 5.32 Å². The Bertz CT molecular complexity index is 675. The van der Waals surface area contributed by atoms with E-state index in [9.17, 15) is 18.0 Å². The van der Waals surface area contributed by atoms with Crippen molar-refractivity contribution in [3.05, 3.63) is 29.8 Å². The third-order valence-corrected chi connectivity index (χ3v) is 6.57. The molecule has 0 saturated heterocycles. The number of aliphatic carboxylic acids is 1. The number of unbranched alkanes of at least 4 members (excludes halogenated alkanes) is 1. The van der Waals surface area contributed by atoms with E-state index in [1.807, 2.05) is 0 Å². The Labute approximate surface area is 142 Å². The van der Waals surface area contributed by atoms with Gasteiger partial charge in [-0.15, -0.1) is 0 Å². The van der Waals surface area contributed by atoms with Crippen LogP contribution in [0.2, 0.25) is 0 Å². The van der Waals surface area contributed by atoms with Crippen LogP contribution in [0.15, 0.2) is 29.2 Å². The molecule has 1 aliphatic carbocycles. The van der Waals surface area contributed by atoms with Crippen molar-refractivity contribution < 1.29 is 23.1 Å². The fourth-order valence-corrected chi connectivity index (χ4v) is 4.75. The molecule has 1 aromatic carbocycles. The highest BCUT2D eigenvalue weighted by Gasteiger charge is 2.30. The van der Waals surface area contributed by atoms with Crippen LogP contribution >= 0.6 is 0 Å². The van der Waals surface area contributed by atoms with Crippen molar-refractivity contribution >= 4 is 21.7 Å². The minimum atomic E-state index is -3.30. The highest BCUT2D eigenvalue weighted by molar-refractivity contribution is 7.92. The minimum absolute atomic E-state index is 0.0869. The van der Waals surface area contributed by atoms with Gasteiger partial charge in [0.1, 0.15) is 0 Å². The third kappa shape index (κ3) is 4.80. The molecule has 132 valence electrons. The number of rotatable bonds is 8. The number of nitrogens with one attached hydrogen (secondary N) is 1. The lowest BCUT2D eigenvalue weighted by Crippen LogP contribution is -2.24. The van der Waals surface area contributed by atoms with Crippen LogP contribution in [0.5, 0.6) is 0 Å². The van der Waals surface area contributed by atoms with E-state index in [1.54, 1.807) is 0 Å². The summed E-state index contributed by atoms with van der Waals surface area (Å²) in [6.45, 7) is 0.397. The average Bonchev–Trinajstić information content (AvgIpc) is 3.09. The highest BCUT2D eigenvalue weighted by atomic mass is 32.2. The molecule has 1 fully saturated rings. The highest BCUT2D eigenvalue weighted by Crippen LogP contribution is 2.29. The summed E-state index contributed by atoms with van der Waals surface area (Å²) in [6.07, 6.45) is 4.50. The molecule has 0 radical (unpaired) electrons. The summed E-state index contributed by atoms with van der Waals surface area (Å²) in [7, 11) is -3.30. The molecule has 0 heterocycles. The van der Waals surface area contributed by atoms with Crippen LogP contribution in [0.4, 0.5) is 0 Å². The van der Waals surface area contributed by atoms with Crippen LogP contribution in [0.3, 0.4) is 0 Å². The second kappa shape index (κ2) is 8.28. The quantitative estimate of drug-likeness (QED) is 0.699. The van der Waals surface area contributed by atoms with Gasteiger partial charge in [-0.3, -0.25) is 9.59 Å². The van der Waals surface area contributed by atoms with Gasteiger partial charge < -0.3 is 10.4 Å². The predicted molar refractivity (Wildman–Crippen MR) is 89.7 cm³/mol. The van der Waals surface area contributed by atoms with E-state index in [0.29, 0.717) is 37.8 Å². The van der Waals surface area contributed by atoms with Crippen molar-refractivity contribution in [2.75, 3.05) is 6.54 Å². The van der Waals surface area contributed by atoms with Crippen molar-refractivity contribution in [2.24, 2.45) is 0 Å². The van der Waals surface area contributed by atoms with E-state index in [4.69, 9.17) is 5.11 Å². The third-order valence-electron chi connectivity index (χ3n) is 4.29. The normalized spacial score (nSPS) is 15.3. The molecule has 7 heteroatoms. The molecule has 24 heavy (non-hydrogen) atoms. The zero-order valence-corrected chi connectivity index (χ0v) is 14.3. The van der Waals surface area contributed by atoms with Crippen LogP contribution in [0.1, 0.15) is 55.3 Å². The van der Waals surface area contributed by atoms with Gasteiger partial charge in [0.25, 0.3) is 5.91 Å². The van der Waals surface area contributed by atoms with E-state index in [1.165, 1.54) is 24.3 Å². The van der Waals surface area contributed by atoms with E-state index in [-0.39, 0.29) is 22.5 Å². The van der Waals surface area contributed by atoms with Crippen LogP contribution in [0.25, 0.3) is 0 Å². The Balaban J connectivity index is 1.89. The fraction of sp³-hybridized carbons (Fsp3) is 0.529. The Hall–Kier alpha value is -1.89. The minimum Gasteiger partial charge on any atom is -0.481 e. The predicted octanol–water partition coefficient (Wildman–Crippen LogP) is 2.39. The van der Waals surface area contributed by atoms with Gasteiger partial charge in [0.2, 0.25) is 0 Å². The largest absolute Gasteiger partial charge is 0.481 e. The van der Waals surface area contributed by atoms with Gasteiger partial charge in [-0.25, -0.2) is 8.42 Å². The first-order valence-electron chi connectivity index (χ1n) is 8.25. The SMILES string of the molecule is O=C(O)CCCCNC(=O)c1ccc(S(=O)(=O)C2CCCC2)cc1. The maximum Gasteiger partial charge on any atom is 0.303 e. The van der Waals surface area contributed by atoms with Gasteiger partial charge in [-0.2, -0.15) is 0 Å². The van der Waals surface area contributed by atoms with Gasteiger partial charge in [0.05, 0.1) is 10.1 Å². The average molecular weight is 353 g/mol. The molecule has 1 saturated carbocycles. The number of carboxylic acid groups (broad SMARTS) is 1. The van der Waals surface area contributed by atoms with Crippen molar-refractivity contribution in [1.29, 1.82) is 0 Å². The molecule has 0 spiro atoms. The number of carbonyl (C=O) groups is 2. The van der Waals surface area contributed by atoms with Crippen LogP contribution in [-0.4, -0.2) is 37.2 Å². The lowest BCUT2D eigenvalue weighted by Gasteiger charge is -2.11. The Kier molecular flexibility index (Phi) is 6.36. The van der Waals surface area contributed by atoms with Gasteiger partial charge in [0, 0.05) is 18.5 Å². The number of hydrogen-bond donors (Lipinski definition) is 2. The van der Waals surface area contributed by atoms with Gasteiger partial charge in [-0.1, -0.05) is 12.8 Å². The molecule has 2 N–H and O–H groups in total. The summed E-state index contributed by atoms with van der Waals surface area (Å²) >= 11 is 0. The molecule has 6 nitrogen and oxygen atoms in total. The molecule has 1 amide bonds. The monoisotopic (exact) mass is 353 g/mol. The first-order valence-corrected chi connectivity index (χ1v) is 9.80. The molecule has 0 atom stereocenters. The van der Waals surface area contributed by atoms with Crippen molar-refractivity contribution in [2.45, 2.75) is 55.1 Å². The summed E-state index contributed by atoms with van der Waals surface area (Å²) < 4.78 is 24.9. The molecular weight excluding hydrogens is 330 g/mol. The molecule has 0 aromatic heterocycles. The summed E-state index contributed by atoms with van der Waals surface area (Å²) in [5.74, 6) is -1.13. The standard InChI is InChI=1S/C17H23NO5S/c19-16(20)7-3-4-12-18-17(21)13-8-10-15(11-9-13)24(22,23)14-5-1-2-6-14/h8-11,14H,1-7,12H2,(H,18,21)(H,19,20). The number of carbonyl (C=O) groups excluding carboxylic acids is 1. The van der Waals surface area contributed by atoms with Gasteiger partial charge >= 0.3 is 5.97 Å². The van der Waals surface area contributed by atoms with Crippen LogP contribution in [-0.2, 0) is 14.6 Å². The Morgan fingerprint density at radius 2 is 1.71 bits per heavy atom. The Morgan fingerprint density at radius 1 is 1.08 bits per heavy atom. The molecule has 1 aromatic rings. The molecule has 0 bridgehead atoms. The summed E-state index contributed by atoms with van der Waals surface area (Å²) in [5.41, 5.74) is 0.401. The number of carboxylic acids is 1. The zero-order chi connectivity index (χ0) is 17.6. The van der Waals surface area contributed by atoms with E-state index >= 15 is 0 Å². The van der Waals surface area contributed by atoms with E-state index in [0.717, 1.165) is 12.8 Å². The number of benzene rings is 1. The molecular formula is C17H23NO5S. The lowest BCUT2D eigenvalue weighted by atomic mass is 10.2. The summed E-state index contributed by atoms with van der Waals surface area (Å²) in [5, 5.41) is 10.9. The molecule has 0 aliphatic heterocycles. The Morgan fingerprint density at radius 3 is 2.29 bits per heavy atom. The summed E-state index contributed by atoms with van der Waals surface area (Å²) in [6, 6.07) is 6.03. The number of amides is 1. The molecule has 2 rings (SSSR count). The van der Waals surface area contributed by atoms with Crippen molar-refractivity contribution in [1.82, 2.24) is 5.32 Å². The second-order valence-corrected chi connectivity index (χ2v) is 8.31. The smallest absolute Gasteiger partial charge is 0.303 e. The fourth-order valence-electron chi connectivity index (χ4n) is 2.89. The lowest BCUT2D eigenvalue weighted by molar-refractivity contribution is -0.137. The molecule has 0 unspecified atom stereocenters. The number of sulfone groups is 1. The maximum absolute atomic E-state index is 12.5. The maximum atomic E-state index is 12.5. The van der Waals surface area contributed by atoms with Crippen molar-refractivity contribution in [3.63, 3.8) is 0 Å². The van der Waals surface area contributed by atoms with Crippen molar-refractivity contribution in [3.8, 4) is 0 Å². The van der Waals surface area contributed by atoms with Crippen LogP contribution in [0, 0.1) is 0 Å². The second-order valence-electron chi connectivity index (χ2n) is 6.08. The topological polar surface area (TPSA) is 101 Å². The zero-order valence-electron chi connectivity index (χ0n) is 13.5. The molecule has 1 aliphatic rings. The van der Waals surface area contributed by atoms with E-state index < -0.39 is 15.8 Å². The van der Waals surface area contributed by atoms with Gasteiger partial charge in [0.15, 0.2) is 9.84 Å².